The van der Waals surface area contributed by atoms with E-state index in [1.807, 2.05) is 42.2 Å². The second-order valence-electron chi connectivity index (χ2n) is 6.46. The van der Waals surface area contributed by atoms with Gasteiger partial charge < -0.3 is 20.0 Å². The number of carbonyl (C=O) groups excluding carboxylic acids is 1. The summed E-state index contributed by atoms with van der Waals surface area (Å²) in [5, 5.41) is 6.44. The summed E-state index contributed by atoms with van der Waals surface area (Å²) in [6.07, 6.45) is 5.09. The van der Waals surface area contributed by atoms with Crippen LogP contribution in [0.5, 0.6) is 0 Å². The molecular formula is C20H21N5O2. The quantitative estimate of drug-likeness (QED) is 0.742. The maximum atomic E-state index is 12.7. The Bertz CT molecular complexity index is 933. The molecule has 138 valence electrons. The Morgan fingerprint density at radius 1 is 1.19 bits per heavy atom. The van der Waals surface area contributed by atoms with Crippen molar-refractivity contribution in [1.82, 2.24) is 20.2 Å². The minimum absolute atomic E-state index is 0.0458. The van der Waals surface area contributed by atoms with Crippen molar-refractivity contribution in [3.63, 3.8) is 0 Å². The van der Waals surface area contributed by atoms with E-state index in [-0.39, 0.29) is 5.91 Å². The van der Waals surface area contributed by atoms with Gasteiger partial charge in [0.15, 0.2) is 5.76 Å². The van der Waals surface area contributed by atoms with E-state index in [4.69, 9.17) is 4.42 Å². The molecule has 1 saturated heterocycles. The summed E-state index contributed by atoms with van der Waals surface area (Å²) in [7, 11) is 0. The molecule has 3 aromatic rings. The highest BCUT2D eigenvalue weighted by Crippen LogP contribution is 2.26. The molecule has 2 aromatic heterocycles. The molecule has 2 N–H and O–H groups in total. The van der Waals surface area contributed by atoms with Crippen LogP contribution in [0.4, 0.5) is 11.7 Å². The Balaban J connectivity index is 1.54. The molecule has 1 aromatic carbocycles. The van der Waals surface area contributed by atoms with E-state index in [2.05, 4.69) is 20.6 Å². The number of hydrogen-bond acceptors (Lipinski definition) is 6. The number of amides is 1. The van der Waals surface area contributed by atoms with Crippen LogP contribution in [-0.4, -0.2) is 47.0 Å². The smallest absolute Gasteiger partial charge is 0.299 e. The molecule has 1 fully saturated rings. The van der Waals surface area contributed by atoms with Crippen LogP contribution in [-0.2, 0) is 0 Å². The largest absolute Gasteiger partial charge is 0.423 e. The second-order valence-corrected chi connectivity index (χ2v) is 6.46. The highest BCUT2D eigenvalue weighted by Gasteiger charge is 2.19. The van der Waals surface area contributed by atoms with E-state index >= 15 is 0 Å². The van der Waals surface area contributed by atoms with Gasteiger partial charge in [-0.25, -0.2) is 4.98 Å². The Labute approximate surface area is 157 Å². The summed E-state index contributed by atoms with van der Waals surface area (Å²) in [4.78, 5) is 22.9. The number of piperazine rings is 1. The topological polar surface area (TPSA) is 83.3 Å². The molecule has 0 atom stereocenters. The Hall–Kier alpha value is -3.19. The highest BCUT2D eigenvalue weighted by atomic mass is 16.4. The van der Waals surface area contributed by atoms with Gasteiger partial charge in [-0.05, 0) is 36.8 Å². The number of oxazole rings is 1. The molecule has 1 amide bonds. The first kappa shape index (κ1) is 17.2. The molecule has 0 bridgehead atoms. The van der Waals surface area contributed by atoms with Gasteiger partial charge in [0.1, 0.15) is 0 Å². The first-order valence-electron chi connectivity index (χ1n) is 8.94. The number of hydrogen-bond donors (Lipinski definition) is 2. The molecule has 0 radical (unpaired) electrons. The molecule has 27 heavy (non-hydrogen) atoms. The van der Waals surface area contributed by atoms with Gasteiger partial charge in [-0.1, -0.05) is 6.07 Å². The maximum absolute atomic E-state index is 12.7. The lowest BCUT2D eigenvalue weighted by atomic mass is 10.1. The summed E-state index contributed by atoms with van der Waals surface area (Å²) >= 11 is 0. The second kappa shape index (κ2) is 7.59. The SMILES string of the molecule is Cc1ccc(C(=O)N2CCNCC2)cc1Nc1ncc(-c2ccncc2)o1. The molecule has 4 rings (SSSR count). The van der Waals surface area contributed by atoms with E-state index in [9.17, 15) is 4.79 Å². The summed E-state index contributed by atoms with van der Waals surface area (Å²) in [5.74, 6) is 0.704. The van der Waals surface area contributed by atoms with Crippen LogP contribution in [0.15, 0.2) is 53.3 Å². The van der Waals surface area contributed by atoms with Gasteiger partial charge in [-0.15, -0.1) is 0 Å². The average molecular weight is 363 g/mol. The third-order valence-corrected chi connectivity index (χ3v) is 4.60. The number of aromatic nitrogens is 2. The third-order valence-electron chi connectivity index (χ3n) is 4.60. The fourth-order valence-corrected chi connectivity index (χ4v) is 3.04. The highest BCUT2D eigenvalue weighted by molar-refractivity contribution is 5.95. The Kier molecular flexibility index (Phi) is 4.84. The number of pyridine rings is 1. The molecule has 0 unspecified atom stereocenters. The van der Waals surface area contributed by atoms with Crippen LogP contribution in [0.3, 0.4) is 0 Å². The average Bonchev–Trinajstić information content (AvgIpc) is 3.19. The molecule has 1 aliphatic heterocycles. The van der Waals surface area contributed by atoms with Crippen LogP contribution in [0, 0.1) is 6.92 Å². The van der Waals surface area contributed by atoms with Crippen molar-refractivity contribution in [3.8, 4) is 11.3 Å². The van der Waals surface area contributed by atoms with Gasteiger partial charge in [-0.2, -0.15) is 0 Å². The standard InChI is InChI=1S/C20H21N5O2/c1-14-2-3-16(19(26)25-10-8-22-9-11-25)12-17(14)24-20-23-13-18(27-20)15-4-6-21-7-5-15/h2-7,12-13,22H,8-11H2,1H3,(H,23,24). The number of rotatable bonds is 4. The van der Waals surface area contributed by atoms with E-state index in [1.165, 1.54) is 0 Å². The molecule has 1 aliphatic rings. The van der Waals surface area contributed by atoms with E-state index in [0.717, 1.165) is 43.0 Å². The fourth-order valence-electron chi connectivity index (χ4n) is 3.04. The van der Waals surface area contributed by atoms with E-state index in [0.29, 0.717) is 17.3 Å². The van der Waals surface area contributed by atoms with Crippen molar-refractivity contribution in [3.05, 3.63) is 60.0 Å². The lowest BCUT2D eigenvalue weighted by Crippen LogP contribution is -2.46. The number of aryl methyl sites for hydroxylation is 1. The Morgan fingerprint density at radius 2 is 1.96 bits per heavy atom. The van der Waals surface area contributed by atoms with Gasteiger partial charge in [0.2, 0.25) is 0 Å². The summed E-state index contributed by atoms with van der Waals surface area (Å²) in [6.45, 7) is 5.09. The first-order valence-corrected chi connectivity index (χ1v) is 8.94. The third kappa shape index (κ3) is 3.83. The monoisotopic (exact) mass is 363 g/mol. The predicted molar refractivity (Wildman–Crippen MR) is 103 cm³/mol. The van der Waals surface area contributed by atoms with Crippen molar-refractivity contribution in [2.45, 2.75) is 6.92 Å². The first-order chi connectivity index (χ1) is 13.2. The van der Waals surface area contributed by atoms with Gasteiger partial charge in [0, 0.05) is 55.4 Å². The molecule has 7 nitrogen and oxygen atoms in total. The maximum Gasteiger partial charge on any atom is 0.299 e. The molecule has 3 heterocycles. The zero-order valence-electron chi connectivity index (χ0n) is 15.1. The molecule has 0 aliphatic carbocycles. The number of nitrogens with zero attached hydrogens (tertiary/aromatic N) is 3. The normalized spacial score (nSPS) is 14.2. The number of anilines is 2. The van der Waals surface area contributed by atoms with Crippen molar-refractivity contribution in [1.29, 1.82) is 0 Å². The van der Waals surface area contributed by atoms with E-state index in [1.54, 1.807) is 18.6 Å². The minimum atomic E-state index is 0.0458. The van der Waals surface area contributed by atoms with Crippen molar-refractivity contribution >= 4 is 17.6 Å². The summed E-state index contributed by atoms with van der Waals surface area (Å²) in [6, 6.07) is 9.77. The van der Waals surface area contributed by atoms with Gasteiger partial charge in [0.25, 0.3) is 11.9 Å². The van der Waals surface area contributed by atoms with Gasteiger partial charge in [0.05, 0.1) is 6.20 Å². The van der Waals surface area contributed by atoms with Gasteiger partial charge in [-0.3, -0.25) is 9.78 Å². The molecule has 0 spiro atoms. The Morgan fingerprint density at radius 3 is 2.74 bits per heavy atom. The molecular weight excluding hydrogens is 342 g/mol. The fraction of sp³-hybridized carbons (Fsp3) is 0.250. The zero-order valence-corrected chi connectivity index (χ0v) is 15.1. The van der Waals surface area contributed by atoms with Crippen molar-refractivity contribution < 1.29 is 9.21 Å². The van der Waals surface area contributed by atoms with Crippen LogP contribution >= 0.6 is 0 Å². The lowest BCUT2D eigenvalue weighted by Gasteiger charge is -2.27. The molecule has 7 heteroatoms. The minimum Gasteiger partial charge on any atom is -0.423 e. The number of benzene rings is 1. The van der Waals surface area contributed by atoms with Crippen LogP contribution in [0.2, 0.25) is 0 Å². The van der Waals surface area contributed by atoms with Crippen molar-refractivity contribution in [2.24, 2.45) is 0 Å². The summed E-state index contributed by atoms with van der Waals surface area (Å²) < 4.78 is 5.79. The molecule has 0 saturated carbocycles. The van der Waals surface area contributed by atoms with Crippen LogP contribution < -0.4 is 10.6 Å². The number of carbonyl (C=O) groups is 1. The van der Waals surface area contributed by atoms with Crippen LogP contribution in [0.1, 0.15) is 15.9 Å². The predicted octanol–water partition coefficient (Wildman–Crippen LogP) is 2.83. The summed E-state index contributed by atoms with van der Waals surface area (Å²) in [5.41, 5.74) is 3.38. The lowest BCUT2D eigenvalue weighted by molar-refractivity contribution is 0.0736. The van der Waals surface area contributed by atoms with Gasteiger partial charge >= 0.3 is 0 Å². The van der Waals surface area contributed by atoms with Crippen molar-refractivity contribution in [2.75, 3.05) is 31.5 Å². The number of nitrogens with one attached hydrogen (secondary N) is 2. The van der Waals surface area contributed by atoms with E-state index < -0.39 is 0 Å². The zero-order chi connectivity index (χ0) is 18.6. The van der Waals surface area contributed by atoms with Crippen LogP contribution in [0.25, 0.3) is 11.3 Å².